The van der Waals surface area contributed by atoms with Crippen LogP contribution >= 0.6 is 11.6 Å². The van der Waals surface area contributed by atoms with Crippen molar-refractivity contribution in [2.24, 2.45) is 5.92 Å². The summed E-state index contributed by atoms with van der Waals surface area (Å²) < 4.78 is 25.4. The molecule has 1 aliphatic heterocycles. The smallest absolute Gasteiger partial charge is 0.257 e. The van der Waals surface area contributed by atoms with Crippen molar-refractivity contribution in [1.82, 2.24) is 20.1 Å². The number of amides is 1. The highest BCUT2D eigenvalue weighted by Crippen LogP contribution is 2.30. The number of nitrogens with zero attached hydrogens (tertiary/aromatic N) is 3. The summed E-state index contributed by atoms with van der Waals surface area (Å²) in [5.41, 5.74) is 0.286. The first-order chi connectivity index (χ1) is 17.5. The topological polar surface area (TPSA) is 66.9 Å². The van der Waals surface area contributed by atoms with Gasteiger partial charge in [-0.2, -0.15) is 0 Å². The SMILES string of the molecule is CN1CCN(CC(COCC2CCCCC2)NC(=O)c2cccnc2Oc2ccc(F)cc2Cl)CC1. The van der Waals surface area contributed by atoms with Crippen molar-refractivity contribution < 1.29 is 18.7 Å². The number of likely N-dealkylation sites (N-methyl/N-ethyl adjacent to an activating group) is 1. The molecule has 196 valence electrons. The Labute approximate surface area is 217 Å². The molecular formula is C27H36ClFN4O3. The number of halogens is 2. The number of ether oxygens (including phenoxy) is 2. The van der Waals surface area contributed by atoms with Crippen molar-refractivity contribution >= 4 is 17.5 Å². The number of carbonyl (C=O) groups is 1. The van der Waals surface area contributed by atoms with Crippen molar-refractivity contribution in [3.05, 3.63) is 52.9 Å². The minimum Gasteiger partial charge on any atom is -0.437 e. The van der Waals surface area contributed by atoms with Crippen LogP contribution < -0.4 is 10.1 Å². The number of aromatic nitrogens is 1. The van der Waals surface area contributed by atoms with Gasteiger partial charge in [0, 0.05) is 45.5 Å². The van der Waals surface area contributed by atoms with Gasteiger partial charge in [0.2, 0.25) is 5.88 Å². The molecule has 2 fully saturated rings. The Kier molecular flexibility index (Phi) is 9.92. The van der Waals surface area contributed by atoms with E-state index in [1.807, 2.05) is 0 Å². The van der Waals surface area contributed by atoms with Gasteiger partial charge in [0.25, 0.3) is 5.91 Å². The van der Waals surface area contributed by atoms with Gasteiger partial charge < -0.3 is 19.7 Å². The largest absolute Gasteiger partial charge is 0.437 e. The summed E-state index contributed by atoms with van der Waals surface area (Å²) in [5, 5.41) is 3.25. The minimum absolute atomic E-state index is 0.107. The molecule has 2 heterocycles. The van der Waals surface area contributed by atoms with E-state index in [-0.39, 0.29) is 34.2 Å². The molecule has 1 N–H and O–H groups in total. The second kappa shape index (κ2) is 13.3. The molecule has 1 aliphatic carbocycles. The summed E-state index contributed by atoms with van der Waals surface area (Å²) >= 11 is 6.12. The Bertz CT molecular complexity index is 997. The van der Waals surface area contributed by atoms with Gasteiger partial charge in [-0.25, -0.2) is 9.37 Å². The van der Waals surface area contributed by atoms with E-state index in [0.717, 1.165) is 38.9 Å². The number of piperazine rings is 1. The van der Waals surface area contributed by atoms with Crippen molar-refractivity contribution in [1.29, 1.82) is 0 Å². The van der Waals surface area contributed by atoms with E-state index in [0.29, 0.717) is 19.1 Å². The van der Waals surface area contributed by atoms with E-state index in [4.69, 9.17) is 21.1 Å². The maximum absolute atomic E-state index is 13.4. The van der Waals surface area contributed by atoms with Crippen LogP contribution in [0.1, 0.15) is 42.5 Å². The summed E-state index contributed by atoms with van der Waals surface area (Å²) in [4.78, 5) is 22.3. The first kappa shape index (κ1) is 26.8. The zero-order valence-corrected chi connectivity index (χ0v) is 21.7. The molecule has 4 rings (SSSR count). The zero-order chi connectivity index (χ0) is 25.3. The van der Waals surface area contributed by atoms with Gasteiger partial charge >= 0.3 is 0 Å². The fourth-order valence-corrected chi connectivity index (χ4v) is 4.99. The fraction of sp³-hybridized carbons (Fsp3) is 0.556. The quantitative estimate of drug-likeness (QED) is 0.495. The predicted molar refractivity (Wildman–Crippen MR) is 138 cm³/mol. The van der Waals surface area contributed by atoms with Crippen LogP contribution in [0.3, 0.4) is 0 Å². The van der Waals surface area contributed by atoms with Crippen molar-refractivity contribution in [3.63, 3.8) is 0 Å². The van der Waals surface area contributed by atoms with E-state index < -0.39 is 5.82 Å². The molecule has 1 aromatic carbocycles. The van der Waals surface area contributed by atoms with Gasteiger partial charge in [0.05, 0.1) is 17.7 Å². The highest BCUT2D eigenvalue weighted by atomic mass is 35.5. The summed E-state index contributed by atoms with van der Waals surface area (Å²) in [6.07, 6.45) is 7.85. The van der Waals surface area contributed by atoms with Crippen LogP contribution in [0.5, 0.6) is 11.6 Å². The van der Waals surface area contributed by atoms with Crippen molar-refractivity contribution in [2.45, 2.75) is 38.1 Å². The molecule has 1 amide bonds. The van der Waals surface area contributed by atoms with Crippen LogP contribution in [-0.4, -0.2) is 79.7 Å². The predicted octanol–water partition coefficient (Wildman–Crippen LogP) is 4.61. The standard InChI is InChI=1S/C27H36ClFN4O3/c1-32-12-14-33(15-13-32)17-22(19-35-18-20-6-3-2-4-7-20)31-26(34)23-8-5-11-30-27(23)36-25-10-9-21(29)16-24(25)28/h5,8-11,16,20,22H,2-4,6-7,12-15,17-19H2,1H3,(H,31,34). The van der Waals surface area contributed by atoms with E-state index in [9.17, 15) is 9.18 Å². The van der Waals surface area contributed by atoms with Gasteiger partial charge in [0.1, 0.15) is 17.1 Å². The van der Waals surface area contributed by atoms with E-state index in [2.05, 4.69) is 27.1 Å². The first-order valence-corrected chi connectivity index (χ1v) is 13.2. The van der Waals surface area contributed by atoms with E-state index >= 15 is 0 Å². The summed E-state index contributed by atoms with van der Waals surface area (Å²) in [6.45, 7) is 5.82. The Morgan fingerprint density at radius 1 is 1.19 bits per heavy atom. The minimum atomic E-state index is -0.466. The monoisotopic (exact) mass is 518 g/mol. The average molecular weight is 519 g/mol. The van der Waals surface area contributed by atoms with Crippen LogP contribution in [0.2, 0.25) is 5.02 Å². The van der Waals surface area contributed by atoms with Crippen molar-refractivity contribution in [2.75, 3.05) is 53.0 Å². The second-order valence-electron chi connectivity index (χ2n) is 9.85. The molecule has 0 radical (unpaired) electrons. The van der Waals surface area contributed by atoms with Gasteiger partial charge in [-0.3, -0.25) is 9.69 Å². The van der Waals surface area contributed by atoms with Crippen LogP contribution in [0.4, 0.5) is 4.39 Å². The number of nitrogens with one attached hydrogen (secondary N) is 1. The van der Waals surface area contributed by atoms with E-state index in [1.165, 1.54) is 44.2 Å². The molecule has 1 atom stereocenters. The van der Waals surface area contributed by atoms with Gasteiger partial charge in [0.15, 0.2) is 0 Å². The lowest BCUT2D eigenvalue weighted by Crippen LogP contribution is -2.52. The average Bonchev–Trinajstić information content (AvgIpc) is 2.88. The van der Waals surface area contributed by atoms with Crippen LogP contribution in [0, 0.1) is 11.7 Å². The molecule has 9 heteroatoms. The lowest BCUT2D eigenvalue weighted by atomic mass is 9.90. The molecule has 1 saturated carbocycles. The maximum atomic E-state index is 13.4. The zero-order valence-electron chi connectivity index (χ0n) is 20.9. The third-order valence-electron chi connectivity index (χ3n) is 6.92. The number of hydrogen-bond donors (Lipinski definition) is 1. The number of carbonyl (C=O) groups excluding carboxylic acids is 1. The highest BCUT2D eigenvalue weighted by Gasteiger charge is 2.24. The molecule has 7 nitrogen and oxygen atoms in total. The van der Waals surface area contributed by atoms with Crippen LogP contribution in [0.25, 0.3) is 0 Å². The number of hydrogen-bond acceptors (Lipinski definition) is 6. The molecule has 1 aromatic heterocycles. The van der Waals surface area contributed by atoms with Gasteiger partial charge in [-0.1, -0.05) is 30.9 Å². The number of pyridine rings is 1. The fourth-order valence-electron chi connectivity index (χ4n) is 4.78. The molecule has 36 heavy (non-hydrogen) atoms. The Balaban J connectivity index is 1.42. The van der Waals surface area contributed by atoms with Gasteiger partial charge in [-0.15, -0.1) is 0 Å². The molecule has 0 spiro atoms. The third-order valence-corrected chi connectivity index (χ3v) is 7.22. The second-order valence-corrected chi connectivity index (χ2v) is 10.3. The maximum Gasteiger partial charge on any atom is 0.257 e. The number of benzene rings is 1. The Hall–Kier alpha value is -2.26. The molecule has 1 saturated heterocycles. The van der Waals surface area contributed by atoms with Crippen LogP contribution in [-0.2, 0) is 4.74 Å². The van der Waals surface area contributed by atoms with E-state index in [1.54, 1.807) is 18.3 Å². The Morgan fingerprint density at radius 2 is 1.97 bits per heavy atom. The molecular weight excluding hydrogens is 483 g/mol. The molecule has 2 aliphatic rings. The summed E-state index contributed by atoms with van der Waals surface area (Å²) in [5.74, 6) is 0.196. The van der Waals surface area contributed by atoms with Crippen LogP contribution in [0.15, 0.2) is 36.5 Å². The molecule has 0 bridgehead atoms. The Morgan fingerprint density at radius 3 is 2.72 bits per heavy atom. The third kappa shape index (κ3) is 7.87. The van der Waals surface area contributed by atoms with Gasteiger partial charge in [-0.05, 0) is 56.1 Å². The lowest BCUT2D eigenvalue weighted by Gasteiger charge is -2.35. The molecule has 1 unspecified atom stereocenters. The summed E-state index contributed by atoms with van der Waals surface area (Å²) in [7, 11) is 2.13. The normalized spacial score (nSPS) is 18.6. The van der Waals surface area contributed by atoms with Crippen molar-refractivity contribution in [3.8, 4) is 11.6 Å². The lowest BCUT2D eigenvalue weighted by molar-refractivity contribution is 0.0510. The summed E-state index contributed by atoms with van der Waals surface area (Å²) in [6, 6.07) is 7.00. The highest BCUT2D eigenvalue weighted by molar-refractivity contribution is 6.32. The first-order valence-electron chi connectivity index (χ1n) is 12.9. The number of rotatable bonds is 10. The molecule has 2 aromatic rings.